The number of nitrogens with zero attached hydrogens (tertiary/aromatic N) is 1. The quantitative estimate of drug-likeness (QED) is 0.786. The Morgan fingerprint density at radius 3 is 2.32 bits per heavy atom. The minimum absolute atomic E-state index is 0.337. The number of ether oxygens (including phenoxy) is 1. The average molecular weight is 322 g/mol. The van der Waals surface area contributed by atoms with E-state index in [0.717, 1.165) is 21.3 Å². The van der Waals surface area contributed by atoms with E-state index >= 15 is 0 Å². The molecule has 0 N–H and O–H groups in total. The molecule has 0 aliphatic rings. The van der Waals surface area contributed by atoms with Crippen LogP contribution in [0.5, 0.6) is 0 Å². The fraction of sp³-hybridized carbons (Fsp3) is 0.267. The lowest BCUT2D eigenvalue weighted by Gasteiger charge is -2.08. The van der Waals surface area contributed by atoms with Crippen LogP contribution in [0.3, 0.4) is 0 Å². The van der Waals surface area contributed by atoms with Gasteiger partial charge < -0.3 is 9.30 Å². The molecular formula is C15H16BrNO2. The molecular weight excluding hydrogens is 306 g/mol. The van der Waals surface area contributed by atoms with Gasteiger partial charge in [0, 0.05) is 7.05 Å². The molecule has 0 fully saturated rings. The van der Waals surface area contributed by atoms with Gasteiger partial charge in [-0.2, -0.15) is 0 Å². The van der Waals surface area contributed by atoms with Gasteiger partial charge in [-0.1, -0.05) is 29.8 Å². The summed E-state index contributed by atoms with van der Waals surface area (Å²) in [6.45, 7) is 4.04. The standard InChI is InChI=1S/C15H16BrNO2/c1-9-5-7-11(8-6-9)13-10(2)12(16)14(17(13)3)15(18)19-4/h5-8H,1-4H3. The van der Waals surface area contributed by atoms with E-state index < -0.39 is 0 Å². The number of carbonyl (C=O) groups excluding carboxylic acids is 1. The van der Waals surface area contributed by atoms with Gasteiger partial charge in [0.2, 0.25) is 0 Å². The molecule has 1 heterocycles. The summed E-state index contributed by atoms with van der Waals surface area (Å²) < 4.78 is 7.49. The molecule has 1 aromatic heterocycles. The third-order valence-electron chi connectivity index (χ3n) is 3.27. The number of halogens is 1. The van der Waals surface area contributed by atoms with Crippen LogP contribution in [0.1, 0.15) is 21.6 Å². The van der Waals surface area contributed by atoms with Gasteiger partial charge in [0.05, 0.1) is 17.3 Å². The summed E-state index contributed by atoms with van der Waals surface area (Å²) >= 11 is 3.48. The van der Waals surface area contributed by atoms with Gasteiger partial charge in [0.1, 0.15) is 5.69 Å². The van der Waals surface area contributed by atoms with E-state index in [9.17, 15) is 4.79 Å². The zero-order valence-electron chi connectivity index (χ0n) is 11.5. The third kappa shape index (κ3) is 2.32. The van der Waals surface area contributed by atoms with Crippen LogP contribution in [-0.4, -0.2) is 17.6 Å². The topological polar surface area (TPSA) is 31.2 Å². The van der Waals surface area contributed by atoms with Crippen LogP contribution in [-0.2, 0) is 11.8 Å². The molecule has 19 heavy (non-hydrogen) atoms. The lowest BCUT2D eigenvalue weighted by Crippen LogP contribution is -2.08. The van der Waals surface area contributed by atoms with E-state index in [0.29, 0.717) is 5.69 Å². The Hall–Kier alpha value is -1.55. The van der Waals surface area contributed by atoms with E-state index in [1.54, 1.807) is 0 Å². The number of hydrogen-bond acceptors (Lipinski definition) is 2. The van der Waals surface area contributed by atoms with Crippen molar-refractivity contribution in [3.05, 3.63) is 45.6 Å². The summed E-state index contributed by atoms with van der Waals surface area (Å²) in [6, 6.07) is 8.25. The Labute approximate surface area is 121 Å². The van der Waals surface area contributed by atoms with E-state index in [4.69, 9.17) is 4.74 Å². The molecule has 1 aromatic carbocycles. The molecule has 0 saturated carbocycles. The largest absolute Gasteiger partial charge is 0.464 e. The van der Waals surface area contributed by atoms with Crippen LogP contribution in [0.15, 0.2) is 28.7 Å². The van der Waals surface area contributed by atoms with Crippen LogP contribution in [0.4, 0.5) is 0 Å². The molecule has 0 aliphatic carbocycles. The minimum Gasteiger partial charge on any atom is -0.464 e. The van der Waals surface area contributed by atoms with Gasteiger partial charge >= 0.3 is 5.97 Å². The number of benzene rings is 1. The Balaban J connectivity index is 2.65. The van der Waals surface area contributed by atoms with Crippen molar-refractivity contribution in [1.82, 2.24) is 4.57 Å². The smallest absolute Gasteiger partial charge is 0.355 e. The second kappa shape index (κ2) is 5.21. The van der Waals surface area contributed by atoms with Gasteiger partial charge in [-0.3, -0.25) is 0 Å². The molecule has 0 bridgehead atoms. The maximum absolute atomic E-state index is 11.8. The Morgan fingerprint density at radius 1 is 1.21 bits per heavy atom. The van der Waals surface area contributed by atoms with Gasteiger partial charge in [-0.05, 0) is 40.9 Å². The van der Waals surface area contributed by atoms with Crippen molar-refractivity contribution in [3.8, 4) is 11.3 Å². The van der Waals surface area contributed by atoms with Crippen LogP contribution in [0, 0.1) is 13.8 Å². The molecule has 0 spiro atoms. The molecule has 2 aromatic rings. The predicted molar refractivity (Wildman–Crippen MR) is 79.4 cm³/mol. The normalized spacial score (nSPS) is 10.6. The number of hydrogen-bond donors (Lipinski definition) is 0. The molecule has 0 aliphatic heterocycles. The molecule has 0 saturated heterocycles. The highest BCUT2D eigenvalue weighted by atomic mass is 79.9. The third-order valence-corrected chi connectivity index (χ3v) is 4.24. The van der Waals surface area contributed by atoms with E-state index in [-0.39, 0.29) is 5.97 Å². The summed E-state index contributed by atoms with van der Waals surface area (Å²) in [5.41, 5.74) is 4.89. The first-order valence-electron chi connectivity index (χ1n) is 5.97. The maximum Gasteiger partial charge on any atom is 0.355 e. The fourth-order valence-corrected chi connectivity index (χ4v) is 2.85. The van der Waals surface area contributed by atoms with Crippen molar-refractivity contribution in [2.45, 2.75) is 13.8 Å². The highest BCUT2D eigenvalue weighted by Crippen LogP contribution is 2.34. The molecule has 0 amide bonds. The fourth-order valence-electron chi connectivity index (χ4n) is 2.24. The Morgan fingerprint density at radius 2 is 1.79 bits per heavy atom. The molecule has 0 atom stereocenters. The second-order valence-corrected chi connectivity index (χ2v) is 5.35. The number of rotatable bonds is 2. The molecule has 0 unspecified atom stereocenters. The number of methoxy groups -OCH3 is 1. The number of carbonyl (C=O) groups is 1. The van der Waals surface area contributed by atoms with Crippen LogP contribution >= 0.6 is 15.9 Å². The first-order valence-corrected chi connectivity index (χ1v) is 6.76. The van der Waals surface area contributed by atoms with Gasteiger partial charge in [-0.15, -0.1) is 0 Å². The Kier molecular flexibility index (Phi) is 3.80. The Bertz CT molecular complexity index is 627. The molecule has 4 heteroatoms. The molecule has 2 rings (SSSR count). The van der Waals surface area contributed by atoms with Crippen LogP contribution in [0.2, 0.25) is 0 Å². The van der Waals surface area contributed by atoms with E-state index in [1.807, 2.05) is 18.5 Å². The predicted octanol–water partition coefficient (Wildman–Crippen LogP) is 3.86. The van der Waals surface area contributed by atoms with E-state index in [2.05, 4.69) is 47.1 Å². The van der Waals surface area contributed by atoms with Crippen LogP contribution < -0.4 is 0 Å². The molecule has 0 radical (unpaired) electrons. The maximum atomic E-state index is 11.8. The second-order valence-electron chi connectivity index (χ2n) is 4.55. The van der Waals surface area contributed by atoms with Crippen molar-refractivity contribution >= 4 is 21.9 Å². The highest BCUT2D eigenvalue weighted by molar-refractivity contribution is 9.10. The molecule has 100 valence electrons. The minimum atomic E-state index is -0.337. The summed E-state index contributed by atoms with van der Waals surface area (Å²) in [6.07, 6.45) is 0. The summed E-state index contributed by atoms with van der Waals surface area (Å²) in [7, 11) is 3.27. The number of aromatic nitrogens is 1. The summed E-state index contributed by atoms with van der Waals surface area (Å²) in [5, 5.41) is 0. The van der Waals surface area contributed by atoms with Crippen molar-refractivity contribution in [1.29, 1.82) is 0 Å². The van der Waals surface area contributed by atoms with Gasteiger partial charge in [0.15, 0.2) is 0 Å². The zero-order chi connectivity index (χ0) is 14.2. The van der Waals surface area contributed by atoms with Crippen molar-refractivity contribution in [2.75, 3.05) is 7.11 Å². The SMILES string of the molecule is COC(=O)c1c(Br)c(C)c(-c2ccc(C)cc2)n1C. The summed E-state index contributed by atoms with van der Waals surface area (Å²) in [5.74, 6) is -0.337. The average Bonchev–Trinajstić information content (AvgIpc) is 2.61. The first-order chi connectivity index (χ1) is 8.97. The van der Waals surface area contributed by atoms with E-state index in [1.165, 1.54) is 12.7 Å². The first kappa shape index (κ1) is 13.9. The van der Waals surface area contributed by atoms with Crippen molar-refractivity contribution in [3.63, 3.8) is 0 Å². The van der Waals surface area contributed by atoms with Crippen molar-refractivity contribution < 1.29 is 9.53 Å². The number of esters is 1. The van der Waals surface area contributed by atoms with Gasteiger partial charge in [0.25, 0.3) is 0 Å². The molecule has 3 nitrogen and oxygen atoms in total. The lowest BCUT2D eigenvalue weighted by atomic mass is 10.1. The van der Waals surface area contributed by atoms with Crippen LogP contribution in [0.25, 0.3) is 11.3 Å². The van der Waals surface area contributed by atoms with Crippen molar-refractivity contribution in [2.24, 2.45) is 7.05 Å². The monoisotopic (exact) mass is 321 g/mol. The lowest BCUT2D eigenvalue weighted by molar-refractivity contribution is 0.0589. The number of aryl methyl sites for hydroxylation is 1. The van der Waals surface area contributed by atoms with Gasteiger partial charge in [-0.25, -0.2) is 4.79 Å². The summed E-state index contributed by atoms with van der Waals surface area (Å²) in [4.78, 5) is 11.8. The highest BCUT2D eigenvalue weighted by Gasteiger charge is 2.22. The zero-order valence-corrected chi connectivity index (χ0v) is 13.0.